The molecule has 0 aliphatic carbocycles. The highest BCUT2D eigenvalue weighted by Crippen LogP contribution is 1.59. The number of hydrogen-bond donors (Lipinski definition) is 5. The zero-order chi connectivity index (χ0) is 12.4. The van der Waals surface area contributed by atoms with Gasteiger partial charge in [-0.05, 0) is 13.0 Å². The van der Waals surface area contributed by atoms with Crippen molar-refractivity contribution >= 4 is 20.8 Å². The Morgan fingerprint density at radius 3 is 1.00 bits per heavy atom. The molecule has 0 aliphatic heterocycles. The Morgan fingerprint density at radius 1 is 0.929 bits per heavy atom. The molecule has 0 rings (SSSR count). The quantitative estimate of drug-likeness (QED) is 0.369. The van der Waals surface area contributed by atoms with Gasteiger partial charge in [-0.2, -0.15) is 16.8 Å². The monoisotopic (exact) mass is 255 g/mol. The highest BCUT2D eigenvalue weighted by Gasteiger charge is 1.85. The van der Waals surface area contributed by atoms with Gasteiger partial charge in [-0.25, -0.2) is 0 Å². The number of hydrogen-bond acceptors (Lipinski definition) is 5. The topological polar surface area (TPSA) is 175 Å². The van der Waals surface area contributed by atoms with E-state index in [9.17, 15) is 0 Å². The maximum atomic E-state index is 8.74. The predicted octanol–water partition coefficient (Wildman–Crippen LogP) is -0.950. The second-order valence-corrected chi connectivity index (χ2v) is 3.48. The summed E-state index contributed by atoms with van der Waals surface area (Å²) in [5, 5.41) is 0. The van der Waals surface area contributed by atoms with Crippen LogP contribution in [0.15, 0.2) is 0 Å². The van der Waals surface area contributed by atoms with Crippen LogP contribution in [0, 0.1) is 0 Å². The van der Waals surface area contributed by atoms with Crippen molar-refractivity contribution < 1.29 is 35.0 Å². The predicted molar refractivity (Wildman–Crippen MR) is 47.7 cm³/mol. The van der Waals surface area contributed by atoms with Crippen LogP contribution in [0.1, 0.15) is 13.3 Å². The van der Waals surface area contributed by atoms with Gasteiger partial charge in [0, 0.05) is 0 Å². The summed E-state index contributed by atoms with van der Waals surface area (Å²) in [6.07, 6.45) is 1.10. The smallest absolute Gasteiger partial charge is 0.330 e. The largest absolute Gasteiger partial charge is 0.394 e. The first-order valence-electron chi connectivity index (χ1n) is 3.01. The van der Waals surface area contributed by atoms with Gasteiger partial charge in [0.25, 0.3) is 0 Å². The normalized spacial score (nSPS) is 10.4. The van der Waals surface area contributed by atoms with E-state index in [1.165, 1.54) is 0 Å². The maximum absolute atomic E-state index is 8.74. The van der Waals surface area contributed by atoms with Crippen molar-refractivity contribution in [1.82, 2.24) is 0 Å². The Hall–Kier alpha value is -0.300. The van der Waals surface area contributed by atoms with Crippen molar-refractivity contribution in [3.63, 3.8) is 0 Å². The molecule has 9 nitrogen and oxygen atoms in total. The molecule has 0 saturated heterocycles. The van der Waals surface area contributed by atoms with Crippen molar-refractivity contribution in [2.75, 3.05) is 6.54 Å². The molecule has 11 heteroatoms. The van der Waals surface area contributed by atoms with Crippen LogP contribution in [-0.4, -0.2) is 41.6 Å². The second kappa shape index (κ2) is 9.26. The summed E-state index contributed by atoms with van der Waals surface area (Å²) in [5.74, 6) is 0. The lowest BCUT2D eigenvalue weighted by atomic mass is 10.5. The van der Waals surface area contributed by atoms with Gasteiger partial charge in [-0.15, -0.1) is 0 Å². The van der Waals surface area contributed by atoms with Crippen LogP contribution in [0.25, 0.3) is 0 Å². The third-order valence-corrected chi connectivity index (χ3v) is 0.289. The lowest BCUT2D eigenvalue weighted by Crippen LogP contribution is -1.93. The summed E-state index contributed by atoms with van der Waals surface area (Å²) in [7, 11) is -9.33. The van der Waals surface area contributed by atoms with Crippen molar-refractivity contribution in [3.05, 3.63) is 0 Å². The molecule has 0 amide bonds. The zero-order valence-electron chi connectivity index (χ0n) is 7.23. The summed E-state index contributed by atoms with van der Waals surface area (Å²) < 4.78 is 63.2. The van der Waals surface area contributed by atoms with E-state index >= 15 is 0 Å². The lowest BCUT2D eigenvalue weighted by Gasteiger charge is -1.70. The van der Waals surface area contributed by atoms with Crippen LogP contribution in [-0.2, 0) is 20.8 Å². The molecule has 6 N–H and O–H groups in total. The average molecular weight is 255 g/mol. The molecule has 90 valence electrons. The van der Waals surface area contributed by atoms with Crippen molar-refractivity contribution in [1.29, 1.82) is 0 Å². The third kappa shape index (κ3) is 2730. The van der Waals surface area contributed by atoms with Gasteiger partial charge >= 0.3 is 20.8 Å². The van der Waals surface area contributed by atoms with Gasteiger partial charge in [0.1, 0.15) is 0 Å². The highest BCUT2D eigenvalue weighted by molar-refractivity contribution is 7.80. The van der Waals surface area contributed by atoms with Gasteiger partial charge < -0.3 is 5.73 Å². The molecular weight excluding hydrogens is 242 g/mol. The van der Waals surface area contributed by atoms with E-state index in [1.54, 1.807) is 0 Å². The van der Waals surface area contributed by atoms with E-state index < -0.39 is 20.8 Å². The van der Waals surface area contributed by atoms with Crippen molar-refractivity contribution in [2.24, 2.45) is 5.73 Å². The SMILES string of the molecule is CCCN.O=S(=O)(O)O.O=S(=O)(O)O. The molecule has 0 spiro atoms. The number of nitrogens with two attached hydrogens (primary N) is 1. The Kier molecular flexibility index (Phi) is 12.8. The summed E-state index contributed by atoms with van der Waals surface area (Å²) in [4.78, 5) is 0. The van der Waals surface area contributed by atoms with Crippen LogP contribution in [0.4, 0.5) is 0 Å². The molecule has 0 bridgehead atoms. The Labute approximate surface area is 82.1 Å². The summed E-state index contributed by atoms with van der Waals surface area (Å²) >= 11 is 0. The molecule has 0 fully saturated rings. The number of rotatable bonds is 1. The first kappa shape index (κ1) is 19.3. The van der Waals surface area contributed by atoms with Crippen LogP contribution in [0.5, 0.6) is 0 Å². The van der Waals surface area contributed by atoms with Crippen LogP contribution in [0.2, 0.25) is 0 Å². The fourth-order valence-electron chi connectivity index (χ4n) is 0. The fourth-order valence-corrected chi connectivity index (χ4v) is 0. The first-order chi connectivity index (χ1) is 5.91. The minimum absolute atomic E-state index is 0.819. The standard InChI is InChI=1S/C3H9N.2H2O4S/c1-2-3-4;2*1-5(2,3)4/h2-4H2,1H3;2*(H2,1,2,3,4). The van der Waals surface area contributed by atoms with E-state index in [0.29, 0.717) is 0 Å². The molecule has 0 heterocycles. The van der Waals surface area contributed by atoms with Crippen molar-refractivity contribution in [3.8, 4) is 0 Å². The molecule has 0 aromatic heterocycles. The molecule has 0 aliphatic rings. The molecule has 14 heavy (non-hydrogen) atoms. The zero-order valence-corrected chi connectivity index (χ0v) is 8.86. The van der Waals surface area contributed by atoms with Gasteiger partial charge in [0.2, 0.25) is 0 Å². The summed E-state index contributed by atoms with van der Waals surface area (Å²) in [6, 6.07) is 0. The average Bonchev–Trinajstić information content (AvgIpc) is 1.79. The van der Waals surface area contributed by atoms with Gasteiger partial charge in [0.15, 0.2) is 0 Å². The molecule has 0 saturated carbocycles. The lowest BCUT2D eigenvalue weighted by molar-refractivity contribution is 0.378. The van der Waals surface area contributed by atoms with Gasteiger partial charge in [-0.3, -0.25) is 18.2 Å². The molecular formula is C3H13NO8S2. The van der Waals surface area contributed by atoms with E-state index in [0.717, 1.165) is 13.0 Å². The molecule has 0 aromatic rings. The third-order valence-electron chi connectivity index (χ3n) is 0.289. The fraction of sp³-hybridized carbons (Fsp3) is 1.00. The van der Waals surface area contributed by atoms with E-state index in [2.05, 4.69) is 6.92 Å². The van der Waals surface area contributed by atoms with Crippen LogP contribution >= 0.6 is 0 Å². The minimum Gasteiger partial charge on any atom is -0.330 e. The molecule has 0 radical (unpaired) electrons. The summed E-state index contributed by atoms with van der Waals surface area (Å²) in [6.45, 7) is 2.88. The van der Waals surface area contributed by atoms with Gasteiger partial charge in [0.05, 0.1) is 0 Å². The minimum atomic E-state index is -4.67. The van der Waals surface area contributed by atoms with Crippen molar-refractivity contribution in [2.45, 2.75) is 13.3 Å². The van der Waals surface area contributed by atoms with E-state index in [4.69, 9.17) is 40.8 Å². The van der Waals surface area contributed by atoms with Crippen LogP contribution < -0.4 is 5.73 Å². The Balaban J connectivity index is -0.000000131. The second-order valence-electron chi connectivity index (χ2n) is 1.68. The van der Waals surface area contributed by atoms with Crippen LogP contribution in [0.3, 0.4) is 0 Å². The molecule has 0 aromatic carbocycles. The Bertz CT molecular complexity index is 243. The van der Waals surface area contributed by atoms with E-state index in [1.807, 2.05) is 0 Å². The highest BCUT2D eigenvalue weighted by atomic mass is 32.3. The maximum Gasteiger partial charge on any atom is 0.394 e. The van der Waals surface area contributed by atoms with E-state index in [-0.39, 0.29) is 0 Å². The Morgan fingerprint density at radius 2 is 1.00 bits per heavy atom. The summed E-state index contributed by atoms with van der Waals surface area (Å²) in [5.41, 5.74) is 5.03. The molecule has 0 unspecified atom stereocenters. The molecule has 0 atom stereocenters. The first-order valence-corrected chi connectivity index (χ1v) is 5.81. The van der Waals surface area contributed by atoms with Gasteiger partial charge in [-0.1, -0.05) is 6.92 Å².